The molecule has 7 heteroatoms. The minimum atomic E-state index is -0.222. The number of thioether (sulfide) groups is 2. The number of amides is 2. The second-order valence-electron chi connectivity index (χ2n) is 5.75. The third-order valence-corrected chi connectivity index (χ3v) is 6.22. The van der Waals surface area contributed by atoms with Crippen LogP contribution in [0.4, 0.5) is 11.4 Å². The molecule has 2 N–H and O–H groups in total. The van der Waals surface area contributed by atoms with Crippen LogP contribution in [0.5, 0.6) is 11.5 Å². The number of para-hydroxylation sites is 2. The second kappa shape index (κ2) is 6.31. The maximum atomic E-state index is 12.1. The van der Waals surface area contributed by atoms with E-state index in [2.05, 4.69) is 10.6 Å². The zero-order valence-corrected chi connectivity index (χ0v) is 15.3. The molecule has 0 fully saturated rings. The molecule has 2 atom stereocenters. The first-order chi connectivity index (χ1) is 12.1. The normalized spacial score (nSPS) is 20.7. The molecule has 0 aliphatic carbocycles. The van der Waals surface area contributed by atoms with Gasteiger partial charge in [-0.2, -0.15) is 0 Å². The fourth-order valence-electron chi connectivity index (χ4n) is 3.22. The number of fused-ring (bicyclic) bond motifs is 2. The molecule has 2 aliphatic rings. The largest absolute Gasteiger partial charge is 0.453 e. The van der Waals surface area contributed by atoms with Crippen molar-refractivity contribution in [1.29, 1.82) is 0 Å². The van der Waals surface area contributed by atoms with Crippen LogP contribution in [-0.4, -0.2) is 24.3 Å². The van der Waals surface area contributed by atoms with Gasteiger partial charge in [-0.05, 0) is 24.6 Å². The highest BCUT2D eigenvalue weighted by atomic mass is 32.2. The smallest absolute Gasteiger partial charge is 0.242 e. The molecule has 0 spiro atoms. The van der Waals surface area contributed by atoms with Gasteiger partial charge >= 0.3 is 0 Å². The van der Waals surface area contributed by atoms with Crippen molar-refractivity contribution < 1.29 is 14.3 Å². The van der Waals surface area contributed by atoms with Gasteiger partial charge in [0.2, 0.25) is 11.8 Å². The van der Waals surface area contributed by atoms with Crippen LogP contribution in [0.15, 0.2) is 36.4 Å². The summed E-state index contributed by atoms with van der Waals surface area (Å²) in [4.78, 5) is 24.3. The van der Waals surface area contributed by atoms with E-state index in [0.717, 1.165) is 11.1 Å². The van der Waals surface area contributed by atoms with Crippen LogP contribution in [0.3, 0.4) is 0 Å². The molecule has 5 nitrogen and oxygen atoms in total. The Labute approximate surface area is 153 Å². The van der Waals surface area contributed by atoms with Gasteiger partial charge in [0.1, 0.15) is 10.5 Å². The molecule has 128 valence electrons. The van der Waals surface area contributed by atoms with Crippen molar-refractivity contribution in [2.45, 2.75) is 10.5 Å². The zero-order valence-electron chi connectivity index (χ0n) is 13.7. The van der Waals surface area contributed by atoms with Crippen LogP contribution >= 0.6 is 23.5 Å². The molecule has 2 unspecified atom stereocenters. The summed E-state index contributed by atoms with van der Waals surface area (Å²) in [6, 6.07) is 11.3. The number of carbonyl (C=O) groups is 2. The van der Waals surface area contributed by atoms with Gasteiger partial charge in [-0.3, -0.25) is 9.59 Å². The van der Waals surface area contributed by atoms with Gasteiger partial charge in [0.25, 0.3) is 0 Å². The molecule has 2 aromatic carbocycles. The summed E-state index contributed by atoms with van der Waals surface area (Å²) < 4.78 is 6.10. The first-order valence-corrected chi connectivity index (χ1v) is 10.3. The van der Waals surface area contributed by atoms with Crippen LogP contribution in [0.2, 0.25) is 0 Å². The lowest BCUT2D eigenvalue weighted by atomic mass is 10.1. The first-order valence-electron chi connectivity index (χ1n) is 7.75. The molecular formula is C18H16N2O3S2. The number of carbonyl (C=O) groups excluding carboxylic acids is 2. The Morgan fingerprint density at radius 1 is 0.800 bits per heavy atom. The molecule has 2 aromatic rings. The molecule has 2 aliphatic heterocycles. The third kappa shape index (κ3) is 2.58. The van der Waals surface area contributed by atoms with Gasteiger partial charge in [0, 0.05) is 11.1 Å². The Morgan fingerprint density at radius 2 is 1.24 bits per heavy atom. The molecule has 0 saturated carbocycles. The van der Waals surface area contributed by atoms with E-state index in [4.69, 9.17) is 4.74 Å². The topological polar surface area (TPSA) is 67.4 Å². The van der Waals surface area contributed by atoms with Gasteiger partial charge in [0.05, 0.1) is 11.4 Å². The Hall–Kier alpha value is -2.12. The summed E-state index contributed by atoms with van der Waals surface area (Å²) in [5, 5.41) is 5.37. The molecule has 0 bridgehead atoms. The summed E-state index contributed by atoms with van der Waals surface area (Å²) in [5.74, 6) is 1.09. The first kappa shape index (κ1) is 16.4. The maximum Gasteiger partial charge on any atom is 0.242 e. The summed E-state index contributed by atoms with van der Waals surface area (Å²) in [6.45, 7) is 0. The van der Waals surface area contributed by atoms with Crippen molar-refractivity contribution in [3.05, 3.63) is 47.5 Å². The lowest BCUT2D eigenvalue weighted by Crippen LogP contribution is -2.09. The van der Waals surface area contributed by atoms with E-state index < -0.39 is 0 Å². The van der Waals surface area contributed by atoms with Gasteiger partial charge in [-0.1, -0.05) is 24.3 Å². The Bertz CT molecular complexity index is 813. The van der Waals surface area contributed by atoms with E-state index >= 15 is 0 Å². The SMILES string of the molecule is CSC1C(=O)Nc2c(Oc3cccc4c3NC(=O)C4SC)cccc21. The fourth-order valence-corrected chi connectivity index (χ4v) is 4.66. The Morgan fingerprint density at radius 3 is 1.64 bits per heavy atom. The molecular weight excluding hydrogens is 356 g/mol. The number of nitrogens with one attached hydrogen (secondary N) is 2. The van der Waals surface area contributed by atoms with Gasteiger partial charge < -0.3 is 15.4 Å². The lowest BCUT2D eigenvalue weighted by Gasteiger charge is -2.13. The summed E-state index contributed by atoms with van der Waals surface area (Å²) in [7, 11) is 0. The lowest BCUT2D eigenvalue weighted by molar-refractivity contribution is -0.116. The Kier molecular flexibility index (Phi) is 4.13. The number of ether oxygens (including phenoxy) is 1. The summed E-state index contributed by atoms with van der Waals surface area (Å²) >= 11 is 2.99. The number of anilines is 2. The zero-order chi connectivity index (χ0) is 17.6. The van der Waals surface area contributed by atoms with Crippen molar-refractivity contribution in [2.75, 3.05) is 23.1 Å². The molecule has 0 saturated heterocycles. The van der Waals surface area contributed by atoms with Crippen LogP contribution in [0.1, 0.15) is 21.6 Å². The van der Waals surface area contributed by atoms with Crippen molar-refractivity contribution >= 4 is 46.7 Å². The third-order valence-electron chi connectivity index (χ3n) is 4.35. The highest BCUT2D eigenvalue weighted by molar-refractivity contribution is 7.99. The average molecular weight is 372 g/mol. The predicted octanol–water partition coefficient (Wildman–Crippen LogP) is 4.19. The average Bonchev–Trinajstić information content (AvgIpc) is 3.11. The highest BCUT2D eigenvalue weighted by Gasteiger charge is 2.34. The van der Waals surface area contributed by atoms with Gasteiger partial charge in [0.15, 0.2) is 11.5 Å². The predicted molar refractivity (Wildman–Crippen MR) is 103 cm³/mol. The quantitative estimate of drug-likeness (QED) is 0.842. The molecule has 4 rings (SSSR count). The number of benzene rings is 2. The van der Waals surface area contributed by atoms with Crippen molar-refractivity contribution in [3.8, 4) is 11.5 Å². The molecule has 25 heavy (non-hydrogen) atoms. The van der Waals surface area contributed by atoms with Crippen LogP contribution < -0.4 is 15.4 Å². The standard InChI is InChI=1S/C18H16N2O3S2/c1-24-15-9-5-3-7-11(13(9)19-17(15)21)23-12-8-4-6-10-14(12)20-18(22)16(10)25-2/h3-8,15-16H,1-2H3,(H,19,21)(H,20,22). The van der Waals surface area contributed by atoms with Crippen molar-refractivity contribution in [1.82, 2.24) is 0 Å². The van der Waals surface area contributed by atoms with Crippen LogP contribution in [0, 0.1) is 0 Å². The minimum Gasteiger partial charge on any atom is -0.453 e. The van der Waals surface area contributed by atoms with Gasteiger partial charge in [-0.15, -0.1) is 23.5 Å². The van der Waals surface area contributed by atoms with E-state index in [-0.39, 0.29) is 22.3 Å². The van der Waals surface area contributed by atoms with Gasteiger partial charge in [-0.25, -0.2) is 0 Å². The van der Waals surface area contributed by atoms with E-state index in [9.17, 15) is 9.59 Å². The van der Waals surface area contributed by atoms with E-state index in [1.165, 1.54) is 23.5 Å². The van der Waals surface area contributed by atoms with Crippen molar-refractivity contribution in [2.24, 2.45) is 0 Å². The fraction of sp³-hybridized carbons (Fsp3) is 0.222. The van der Waals surface area contributed by atoms with E-state index in [0.29, 0.717) is 22.9 Å². The maximum absolute atomic E-state index is 12.1. The van der Waals surface area contributed by atoms with E-state index in [1.807, 2.05) is 48.9 Å². The molecule has 2 amide bonds. The number of hydrogen-bond donors (Lipinski definition) is 2. The monoisotopic (exact) mass is 372 g/mol. The number of hydrogen-bond acceptors (Lipinski definition) is 5. The van der Waals surface area contributed by atoms with Crippen LogP contribution in [0.25, 0.3) is 0 Å². The summed E-state index contributed by atoms with van der Waals surface area (Å²) in [5.41, 5.74) is 3.26. The number of rotatable bonds is 4. The highest BCUT2D eigenvalue weighted by Crippen LogP contribution is 2.48. The van der Waals surface area contributed by atoms with E-state index in [1.54, 1.807) is 0 Å². The molecule has 0 aromatic heterocycles. The minimum absolute atomic E-state index is 0.0346. The van der Waals surface area contributed by atoms with Crippen molar-refractivity contribution in [3.63, 3.8) is 0 Å². The summed E-state index contributed by atoms with van der Waals surface area (Å²) in [6.07, 6.45) is 3.82. The van der Waals surface area contributed by atoms with Crippen LogP contribution in [-0.2, 0) is 9.59 Å². The Balaban J connectivity index is 1.73. The molecule has 0 radical (unpaired) electrons. The second-order valence-corrected chi connectivity index (χ2v) is 7.64. The molecule has 2 heterocycles.